The third kappa shape index (κ3) is 2.94. The van der Waals surface area contributed by atoms with Crippen LogP contribution in [0.3, 0.4) is 0 Å². The molecule has 0 aliphatic heterocycles. The van der Waals surface area contributed by atoms with E-state index >= 15 is 0 Å². The van der Waals surface area contributed by atoms with Crippen molar-refractivity contribution >= 4 is 23.4 Å². The van der Waals surface area contributed by atoms with E-state index in [1.807, 2.05) is 37.4 Å². The van der Waals surface area contributed by atoms with Gasteiger partial charge >= 0.3 is 0 Å². The summed E-state index contributed by atoms with van der Waals surface area (Å²) in [5.41, 5.74) is 0.746. The summed E-state index contributed by atoms with van der Waals surface area (Å²) in [6.07, 6.45) is 2.04. The molecule has 5 heteroatoms. The van der Waals surface area contributed by atoms with Crippen LogP contribution in [-0.2, 0) is 0 Å². The number of aryl methyl sites for hydroxylation is 1. The predicted octanol–water partition coefficient (Wildman–Crippen LogP) is 4.26. The molecule has 0 amide bonds. The first kappa shape index (κ1) is 13.2. The van der Waals surface area contributed by atoms with E-state index in [0.29, 0.717) is 16.9 Å². The van der Waals surface area contributed by atoms with Gasteiger partial charge in [0, 0.05) is 10.5 Å². The molecule has 2 rings (SSSR count). The van der Waals surface area contributed by atoms with Gasteiger partial charge in [-0.1, -0.05) is 11.6 Å². The lowest BCUT2D eigenvalue weighted by molar-refractivity contribution is 0.455. The van der Waals surface area contributed by atoms with Crippen LogP contribution in [0.5, 0.6) is 11.6 Å². The zero-order chi connectivity index (χ0) is 13.1. The maximum Gasteiger partial charge on any atom is 0.226 e. The van der Waals surface area contributed by atoms with Crippen molar-refractivity contribution in [2.24, 2.45) is 0 Å². The first-order valence-corrected chi connectivity index (χ1v) is 7.03. The largest absolute Gasteiger partial charge is 0.439 e. The Hall–Kier alpha value is -1.26. The van der Waals surface area contributed by atoms with Crippen molar-refractivity contribution in [2.45, 2.75) is 18.7 Å². The van der Waals surface area contributed by atoms with Gasteiger partial charge in [0.1, 0.15) is 16.7 Å². The number of hydrogen-bond acceptors (Lipinski definition) is 4. The van der Waals surface area contributed by atoms with Crippen LogP contribution in [0.4, 0.5) is 0 Å². The third-order valence-corrected chi connectivity index (χ3v) is 3.54. The number of thioether (sulfide) groups is 1. The predicted molar refractivity (Wildman–Crippen MR) is 74.8 cm³/mol. The van der Waals surface area contributed by atoms with Crippen molar-refractivity contribution in [3.05, 3.63) is 40.8 Å². The third-order valence-electron chi connectivity index (χ3n) is 2.43. The van der Waals surface area contributed by atoms with Gasteiger partial charge < -0.3 is 4.74 Å². The average molecular weight is 281 g/mol. The standard InChI is InChI=1S/C13H13ClN2OS/c1-8-12(14)15-9(2)16-13(8)17-10-4-6-11(18-3)7-5-10/h4-7H,1-3H3. The molecule has 1 aromatic carbocycles. The van der Waals surface area contributed by atoms with Crippen LogP contribution in [0.15, 0.2) is 29.2 Å². The lowest BCUT2D eigenvalue weighted by atomic mass is 10.3. The molecular formula is C13H13ClN2OS. The van der Waals surface area contributed by atoms with Gasteiger partial charge in [-0.05, 0) is 44.4 Å². The van der Waals surface area contributed by atoms with Crippen molar-refractivity contribution in [3.63, 3.8) is 0 Å². The maximum atomic E-state index is 6.00. The molecule has 0 unspecified atom stereocenters. The minimum Gasteiger partial charge on any atom is -0.439 e. The molecule has 18 heavy (non-hydrogen) atoms. The van der Waals surface area contributed by atoms with Crippen LogP contribution >= 0.6 is 23.4 Å². The quantitative estimate of drug-likeness (QED) is 0.621. The molecule has 0 saturated heterocycles. The monoisotopic (exact) mass is 280 g/mol. The topological polar surface area (TPSA) is 35.0 Å². The molecule has 0 radical (unpaired) electrons. The van der Waals surface area contributed by atoms with E-state index in [1.54, 1.807) is 18.7 Å². The minimum atomic E-state index is 0.429. The summed E-state index contributed by atoms with van der Waals surface area (Å²) in [5, 5.41) is 0.429. The zero-order valence-corrected chi connectivity index (χ0v) is 12.0. The van der Waals surface area contributed by atoms with Gasteiger partial charge in [-0.25, -0.2) is 4.98 Å². The van der Waals surface area contributed by atoms with Crippen molar-refractivity contribution in [3.8, 4) is 11.6 Å². The Morgan fingerprint density at radius 3 is 2.39 bits per heavy atom. The smallest absolute Gasteiger partial charge is 0.226 e. The molecule has 0 aliphatic carbocycles. The van der Waals surface area contributed by atoms with Gasteiger partial charge in [0.25, 0.3) is 0 Å². The highest BCUT2D eigenvalue weighted by atomic mass is 35.5. The molecule has 0 spiro atoms. The summed E-state index contributed by atoms with van der Waals surface area (Å²) in [4.78, 5) is 9.51. The number of benzene rings is 1. The van der Waals surface area contributed by atoms with Crippen LogP contribution in [0.2, 0.25) is 5.15 Å². The molecule has 3 nitrogen and oxygen atoms in total. The van der Waals surface area contributed by atoms with Crippen molar-refractivity contribution in [1.29, 1.82) is 0 Å². The molecule has 0 aliphatic rings. The number of hydrogen-bond donors (Lipinski definition) is 0. The molecule has 94 valence electrons. The van der Waals surface area contributed by atoms with E-state index in [9.17, 15) is 0 Å². The lowest BCUT2D eigenvalue weighted by Gasteiger charge is -2.09. The fourth-order valence-corrected chi connectivity index (χ4v) is 2.04. The second kappa shape index (κ2) is 5.59. The van der Waals surface area contributed by atoms with Gasteiger partial charge in [-0.2, -0.15) is 4.98 Å². The Morgan fingerprint density at radius 2 is 1.78 bits per heavy atom. The highest BCUT2D eigenvalue weighted by molar-refractivity contribution is 7.98. The normalized spacial score (nSPS) is 10.4. The van der Waals surface area contributed by atoms with E-state index in [4.69, 9.17) is 16.3 Å². The summed E-state index contributed by atoms with van der Waals surface area (Å²) >= 11 is 7.69. The van der Waals surface area contributed by atoms with Gasteiger partial charge in [0.15, 0.2) is 0 Å². The molecular weight excluding hydrogens is 268 g/mol. The summed E-state index contributed by atoms with van der Waals surface area (Å²) < 4.78 is 5.73. The fourth-order valence-electron chi connectivity index (χ4n) is 1.42. The van der Waals surface area contributed by atoms with Gasteiger partial charge in [0.2, 0.25) is 5.88 Å². The van der Waals surface area contributed by atoms with Crippen LogP contribution in [0.1, 0.15) is 11.4 Å². The van der Waals surface area contributed by atoms with Crippen LogP contribution in [0.25, 0.3) is 0 Å². The second-order valence-electron chi connectivity index (χ2n) is 3.77. The Labute approximate surface area is 116 Å². The molecule has 1 heterocycles. The van der Waals surface area contributed by atoms with Crippen molar-refractivity contribution in [1.82, 2.24) is 9.97 Å². The van der Waals surface area contributed by atoms with Crippen LogP contribution in [-0.4, -0.2) is 16.2 Å². The highest BCUT2D eigenvalue weighted by Crippen LogP contribution is 2.28. The fraction of sp³-hybridized carbons (Fsp3) is 0.231. The van der Waals surface area contributed by atoms with Gasteiger partial charge in [0.05, 0.1) is 0 Å². The first-order valence-electron chi connectivity index (χ1n) is 5.43. The maximum absolute atomic E-state index is 6.00. The van der Waals surface area contributed by atoms with E-state index in [2.05, 4.69) is 9.97 Å². The van der Waals surface area contributed by atoms with E-state index in [-0.39, 0.29) is 0 Å². The number of aromatic nitrogens is 2. The van der Waals surface area contributed by atoms with Gasteiger partial charge in [-0.3, -0.25) is 0 Å². The van der Waals surface area contributed by atoms with E-state index in [0.717, 1.165) is 11.3 Å². The van der Waals surface area contributed by atoms with Crippen molar-refractivity contribution in [2.75, 3.05) is 6.26 Å². The summed E-state index contributed by atoms with van der Waals surface area (Å²) in [6.45, 7) is 3.63. The number of ether oxygens (including phenoxy) is 1. The molecule has 0 atom stereocenters. The van der Waals surface area contributed by atoms with Crippen LogP contribution in [0, 0.1) is 13.8 Å². The second-order valence-corrected chi connectivity index (χ2v) is 5.01. The molecule has 0 fully saturated rings. The van der Waals surface area contributed by atoms with Crippen LogP contribution < -0.4 is 4.74 Å². The minimum absolute atomic E-state index is 0.429. The lowest BCUT2D eigenvalue weighted by Crippen LogP contribution is -1.97. The average Bonchev–Trinajstić information content (AvgIpc) is 2.36. The SMILES string of the molecule is CSc1ccc(Oc2nc(C)nc(Cl)c2C)cc1. The molecule has 1 aromatic heterocycles. The highest BCUT2D eigenvalue weighted by Gasteiger charge is 2.09. The number of nitrogens with zero attached hydrogens (tertiary/aromatic N) is 2. The first-order chi connectivity index (χ1) is 8.60. The Bertz CT molecular complexity index is 558. The summed E-state index contributed by atoms with van der Waals surface area (Å²) in [6, 6.07) is 7.84. The van der Waals surface area contributed by atoms with E-state index in [1.165, 1.54) is 4.90 Å². The molecule has 0 N–H and O–H groups in total. The number of rotatable bonds is 3. The Balaban J connectivity index is 2.27. The van der Waals surface area contributed by atoms with Gasteiger partial charge in [-0.15, -0.1) is 11.8 Å². The number of halogens is 1. The zero-order valence-electron chi connectivity index (χ0n) is 10.4. The van der Waals surface area contributed by atoms with E-state index < -0.39 is 0 Å². The molecule has 0 saturated carbocycles. The molecule has 2 aromatic rings. The molecule has 0 bridgehead atoms. The summed E-state index contributed by atoms with van der Waals surface area (Å²) in [5.74, 6) is 1.84. The Morgan fingerprint density at radius 1 is 1.11 bits per heavy atom. The van der Waals surface area contributed by atoms with Crippen molar-refractivity contribution < 1.29 is 4.74 Å². The summed E-state index contributed by atoms with van der Waals surface area (Å²) in [7, 11) is 0. The Kier molecular flexibility index (Phi) is 4.09.